The number of esters is 6. The minimum Gasteiger partial charge on any atom is -0.464 e. The Bertz CT molecular complexity index is 3040. The molecular formula is C67H70O12. The summed E-state index contributed by atoms with van der Waals surface area (Å²) in [6, 6.07) is 47.9. The van der Waals surface area contributed by atoms with E-state index in [4.69, 9.17) is 28.4 Å². The average molecular weight is 1070 g/mol. The maximum atomic E-state index is 12.6. The van der Waals surface area contributed by atoms with Gasteiger partial charge in [0.25, 0.3) is 0 Å². The maximum absolute atomic E-state index is 12.6. The van der Waals surface area contributed by atoms with Gasteiger partial charge in [-0.3, -0.25) is 19.2 Å². The number of carbonyl (C=O) groups excluding carboxylic acids is 6. The molecule has 0 bridgehead atoms. The lowest BCUT2D eigenvalue weighted by molar-refractivity contribution is -0.159. The number of hydrogen-bond donors (Lipinski definition) is 0. The van der Waals surface area contributed by atoms with E-state index in [1.165, 1.54) is 0 Å². The highest BCUT2D eigenvalue weighted by Gasteiger charge is 2.48. The average Bonchev–Trinajstić information content (AvgIpc) is 4.27. The molecule has 3 aliphatic rings. The summed E-state index contributed by atoms with van der Waals surface area (Å²) < 4.78 is 33.4. The van der Waals surface area contributed by atoms with Gasteiger partial charge in [-0.05, 0) is 108 Å². The van der Waals surface area contributed by atoms with Crippen LogP contribution in [-0.2, 0) is 73.4 Å². The molecule has 0 amide bonds. The van der Waals surface area contributed by atoms with Crippen molar-refractivity contribution in [2.24, 2.45) is 10.8 Å². The molecule has 0 aliphatic heterocycles. The number of carbonyl (C=O) groups is 6. The third-order valence-corrected chi connectivity index (χ3v) is 14.4. The second-order valence-electron chi connectivity index (χ2n) is 21.8. The minimum absolute atomic E-state index is 0.0519. The largest absolute Gasteiger partial charge is 0.464 e. The number of ether oxygens (including phenoxy) is 6. The van der Waals surface area contributed by atoms with Gasteiger partial charge in [0.15, 0.2) is 0 Å². The summed E-state index contributed by atoms with van der Waals surface area (Å²) in [5.41, 5.74) is 9.10. The van der Waals surface area contributed by atoms with Crippen molar-refractivity contribution in [3.63, 3.8) is 0 Å². The Kier molecular flexibility index (Phi) is 18.1. The van der Waals surface area contributed by atoms with Crippen LogP contribution in [0.3, 0.4) is 0 Å². The molecule has 0 aromatic heterocycles. The summed E-state index contributed by atoms with van der Waals surface area (Å²) >= 11 is 0. The molecule has 12 nitrogen and oxygen atoms in total. The highest BCUT2D eigenvalue weighted by molar-refractivity contribution is 5.86. The Morgan fingerprint density at radius 1 is 0.354 bits per heavy atom. The van der Waals surface area contributed by atoms with Crippen molar-refractivity contribution in [3.8, 4) is 33.4 Å². The van der Waals surface area contributed by atoms with Crippen molar-refractivity contribution in [2.45, 2.75) is 84.5 Å². The fourth-order valence-corrected chi connectivity index (χ4v) is 10.2. The maximum Gasteiger partial charge on any atom is 0.330 e. The summed E-state index contributed by atoms with van der Waals surface area (Å²) in [6.45, 7) is 22.0. The zero-order valence-electron chi connectivity index (χ0n) is 46.5. The van der Waals surface area contributed by atoms with E-state index in [-0.39, 0.29) is 63.5 Å². The van der Waals surface area contributed by atoms with E-state index in [0.717, 1.165) is 78.9 Å². The Labute approximate surface area is 463 Å². The molecule has 6 aromatic rings. The van der Waals surface area contributed by atoms with Crippen LogP contribution in [0.5, 0.6) is 0 Å². The lowest BCUT2D eigenvalue weighted by atomic mass is 9.79. The third-order valence-electron chi connectivity index (χ3n) is 14.4. The van der Waals surface area contributed by atoms with Gasteiger partial charge >= 0.3 is 35.8 Å². The summed E-state index contributed by atoms with van der Waals surface area (Å²) in [7, 11) is 0. The highest BCUT2D eigenvalue weighted by atomic mass is 16.6. The Morgan fingerprint density at radius 2 is 0.557 bits per heavy atom. The predicted octanol–water partition coefficient (Wildman–Crippen LogP) is 12.4. The first-order valence-corrected chi connectivity index (χ1v) is 26.5. The monoisotopic (exact) mass is 1070 g/mol. The van der Waals surface area contributed by atoms with E-state index in [1.54, 1.807) is 13.8 Å². The molecule has 0 radical (unpaired) electrons. The van der Waals surface area contributed by atoms with Gasteiger partial charge < -0.3 is 28.4 Å². The van der Waals surface area contributed by atoms with Gasteiger partial charge in [0.1, 0.15) is 39.6 Å². The van der Waals surface area contributed by atoms with Gasteiger partial charge in [-0.1, -0.05) is 173 Å². The van der Waals surface area contributed by atoms with E-state index in [9.17, 15) is 28.8 Å². The molecule has 0 spiro atoms. The normalized spacial score (nSPS) is 13.9. The van der Waals surface area contributed by atoms with Crippen LogP contribution in [0.25, 0.3) is 33.4 Å². The molecule has 79 heavy (non-hydrogen) atoms. The molecule has 0 atom stereocenters. The summed E-state index contributed by atoms with van der Waals surface area (Å²) in [4.78, 5) is 72.0. The fourth-order valence-electron chi connectivity index (χ4n) is 10.2. The number of hydrogen-bond acceptors (Lipinski definition) is 12. The molecule has 9 rings (SSSR count). The second kappa shape index (κ2) is 24.5. The van der Waals surface area contributed by atoms with Crippen LogP contribution >= 0.6 is 0 Å². The molecule has 6 aromatic carbocycles. The van der Waals surface area contributed by atoms with Gasteiger partial charge in [-0.15, -0.1) is 0 Å². The van der Waals surface area contributed by atoms with Crippen LogP contribution in [0, 0.1) is 10.8 Å². The zero-order chi connectivity index (χ0) is 57.2. The number of fused-ring (bicyclic) bond motifs is 9. The Hall–Kier alpha value is -8.38. The summed E-state index contributed by atoms with van der Waals surface area (Å²) in [6.07, 6.45) is 2.87. The van der Waals surface area contributed by atoms with E-state index in [0.29, 0.717) is 12.8 Å². The van der Waals surface area contributed by atoms with Gasteiger partial charge in [-0.2, -0.15) is 0 Å². The summed E-state index contributed by atoms with van der Waals surface area (Å²) in [5.74, 6) is -2.11. The first kappa shape index (κ1) is 58.3. The third kappa shape index (κ3) is 12.2. The Morgan fingerprint density at radius 3 is 0.759 bits per heavy atom. The van der Waals surface area contributed by atoms with Crippen molar-refractivity contribution >= 4 is 35.8 Å². The van der Waals surface area contributed by atoms with Crippen molar-refractivity contribution in [3.05, 3.63) is 204 Å². The SMILES string of the molecule is C=CC(=O)OCC1(COC(=O)C=C)c2ccccc2-c2ccccc21.CC(C)(C)C(=O)OCC1(COC(=O)C(C)(C)C)c2ccccc2-c2ccccc21.CCC(=O)OCC1(COC(=O)CC)c2ccccc2-c2ccccc21. The first-order chi connectivity index (χ1) is 37.7. The second-order valence-corrected chi connectivity index (χ2v) is 21.8. The number of rotatable bonds is 16. The molecule has 0 N–H and O–H groups in total. The fraction of sp³-hybridized carbons (Fsp3) is 0.313. The number of benzene rings is 6. The highest BCUT2D eigenvalue weighted by Crippen LogP contribution is 2.52. The first-order valence-electron chi connectivity index (χ1n) is 26.5. The quantitative estimate of drug-likeness (QED) is 0.0514. The van der Waals surface area contributed by atoms with Crippen molar-refractivity contribution in [1.82, 2.24) is 0 Å². The molecule has 3 aliphatic carbocycles. The zero-order valence-corrected chi connectivity index (χ0v) is 46.5. The predicted molar refractivity (Wildman–Crippen MR) is 304 cm³/mol. The van der Waals surface area contributed by atoms with Crippen LogP contribution in [0.2, 0.25) is 0 Å². The molecule has 0 heterocycles. The van der Waals surface area contributed by atoms with Gasteiger partial charge in [-0.25, -0.2) is 9.59 Å². The van der Waals surface area contributed by atoms with Crippen LogP contribution < -0.4 is 0 Å². The van der Waals surface area contributed by atoms with Crippen LogP contribution in [0.1, 0.15) is 102 Å². The van der Waals surface area contributed by atoms with Crippen LogP contribution in [0.4, 0.5) is 0 Å². The van der Waals surface area contributed by atoms with Crippen molar-refractivity contribution in [2.75, 3.05) is 39.6 Å². The molecular weight excluding hydrogens is 997 g/mol. The van der Waals surface area contributed by atoms with E-state index in [2.05, 4.69) is 37.4 Å². The molecule has 0 saturated heterocycles. The van der Waals surface area contributed by atoms with E-state index in [1.807, 2.05) is 163 Å². The van der Waals surface area contributed by atoms with Gasteiger partial charge in [0.05, 0.1) is 27.1 Å². The molecule has 0 unspecified atom stereocenters. The molecule has 410 valence electrons. The minimum atomic E-state index is -0.759. The van der Waals surface area contributed by atoms with Gasteiger partial charge in [0, 0.05) is 25.0 Å². The Balaban J connectivity index is 0.000000172. The lowest BCUT2D eigenvalue weighted by Crippen LogP contribution is -2.41. The smallest absolute Gasteiger partial charge is 0.330 e. The van der Waals surface area contributed by atoms with E-state index >= 15 is 0 Å². The van der Waals surface area contributed by atoms with Crippen molar-refractivity contribution in [1.29, 1.82) is 0 Å². The van der Waals surface area contributed by atoms with Crippen LogP contribution in [-0.4, -0.2) is 75.5 Å². The topological polar surface area (TPSA) is 158 Å². The summed E-state index contributed by atoms with van der Waals surface area (Å²) in [5, 5.41) is 0. The molecule has 0 fully saturated rings. The van der Waals surface area contributed by atoms with Crippen molar-refractivity contribution < 1.29 is 57.2 Å². The van der Waals surface area contributed by atoms with Gasteiger partial charge in [0.2, 0.25) is 0 Å². The standard InChI is InChI=1S/C25H30O4.C21H22O4.C21H18O4/c1-23(2,3)21(26)28-15-25(16-29-22(27)24(4,5)6)19-13-9-7-11-17(19)18-12-8-10-14-20(18)25;2*1-3-19(22)24-13-21(14-25-20(23)4-2)17-11-7-5-9-15(17)16-10-6-8-12-18(16)21/h7-14H,15-16H2,1-6H3;5-12H,3-4,13-14H2,1-2H3;3-12H,1-2,13-14H2. The molecule has 0 saturated carbocycles. The van der Waals surface area contributed by atoms with Crippen LogP contribution in [0.15, 0.2) is 171 Å². The van der Waals surface area contributed by atoms with E-state index < -0.39 is 39.0 Å². The lowest BCUT2D eigenvalue weighted by Gasteiger charge is -2.33. The molecule has 12 heteroatoms.